The van der Waals surface area contributed by atoms with Crippen LogP contribution < -0.4 is 5.32 Å². The van der Waals surface area contributed by atoms with E-state index in [0.29, 0.717) is 9.23 Å². The van der Waals surface area contributed by atoms with Gasteiger partial charge in [0.05, 0.1) is 4.91 Å². The molecule has 5 fully saturated rings. The van der Waals surface area contributed by atoms with E-state index in [0.717, 1.165) is 42.6 Å². The summed E-state index contributed by atoms with van der Waals surface area (Å²) < 4.78 is 0.458. The molecule has 1 aromatic rings. The number of allylic oxidation sites excluding steroid dienone is 2. The third-order valence-corrected chi connectivity index (χ3v) is 8.35. The van der Waals surface area contributed by atoms with Crippen LogP contribution in [0.5, 0.6) is 0 Å². The van der Waals surface area contributed by atoms with Crippen LogP contribution in [0.1, 0.15) is 44.1 Å². The Kier molecular flexibility index (Phi) is 5.31. The molecular formula is C24H26N2O2S2. The fourth-order valence-electron chi connectivity index (χ4n) is 6.20. The summed E-state index contributed by atoms with van der Waals surface area (Å²) in [7, 11) is 0. The molecule has 156 valence electrons. The lowest BCUT2D eigenvalue weighted by molar-refractivity contribution is -0.132. The van der Waals surface area contributed by atoms with Gasteiger partial charge in [-0.15, -0.1) is 0 Å². The van der Waals surface area contributed by atoms with E-state index in [2.05, 4.69) is 5.32 Å². The van der Waals surface area contributed by atoms with Gasteiger partial charge >= 0.3 is 0 Å². The topological polar surface area (TPSA) is 49.4 Å². The first-order chi connectivity index (χ1) is 14.5. The highest BCUT2D eigenvalue weighted by molar-refractivity contribution is 8.26. The molecule has 0 radical (unpaired) electrons. The Morgan fingerprint density at radius 2 is 1.77 bits per heavy atom. The largest absolute Gasteiger partial charge is 0.349 e. The second-order valence-corrected chi connectivity index (χ2v) is 11.0. The van der Waals surface area contributed by atoms with Crippen molar-refractivity contribution in [2.75, 3.05) is 6.54 Å². The highest BCUT2D eigenvalue weighted by Gasteiger charge is 2.51. The van der Waals surface area contributed by atoms with Gasteiger partial charge in [0.2, 0.25) is 5.91 Å². The maximum absolute atomic E-state index is 12.9. The van der Waals surface area contributed by atoms with Crippen LogP contribution in [0, 0.1) is 17.8 Å². The molecule has 1 aromatic carbocycles. The van der Waals surface area contributed by atoms with Crippen LogP contribution in [0.3, 0.4) is 0 Å². The van der Waals surface area contributed by atoms with Gasteiger partial charge < -0.3 is 5.32 Å². The second kappa shape index (κ2) is 7.97. The Morgan fingerprint density at radius 3 is 2.40 bits per heavy atom. The lowest BCUT2D eigenvalue weighted by atomic mass is 9.53. The van der Waals surface area contributed by atoms with Crippen LogP contribution in [0.2, 0.25) is 0 Å². The third kappa shape index (κ3) is 4.00. The van der Waals surface area contributed by atoms with Gasteiger partial charge in [-0.1, -0.05) is 66.5 Å². The number of hydrogen-bond acceptors (Lipinski definition) is 4. The van der Waals surface area contributed by atoms with Gasteiger partial charge in [0.25, 0.3) is 5.91 Å². The van der Waals surface area contributed by atoms with E-state index < -0.39 is 0 Å². The predicted octanol–water partition coefficient (Wildman–Crippen LogP) is 4.53. The summed E-state index contributed by atoms with van der Waals surface area (Å²) in [5.74, 6) is 2.06. The maximum Gasteiger partial charge on any atom is 0.266 e. The highest BCUT2D eigenvalue weighted by Crippen LogP contribution is 2.55. The molecule has 6 heteroatoms. The number of carbonyl (C=O) groups is 2. The lowest BCUT2D eigenvalue weighted by Gasteiger charge is -2.57. The van der Waals surface area contributed by atoms with E-state index in [9.17, 15) is 9.59 Å². The average molecular weight is 439 g/mol. The maximum atomic E-state index is 12.9. The highest BCUT2D eigenvalue weighted by atomic mass is 32.2. The van der Waals surface area contributed by atoms with Gasteiger partial charge in [-0.3, -0.25) is 14.5 Å². The van der Waals surface area contributed by atoms with Crippen LogP contribution in [-0.2, 0) is 9.59 Å². The van der Waals surface area contributed by atoms with Crippen molar-refractivity contribution >= 4 is 46.2 Å². The van der Waals surface area contributed by atoms with E-state index in [4.69, 9.17) is 12.2 Å². The summed E-state index contributed by atoms with van der Waals surface area (Å²) in [6.07, 6.45) is 12.9. The number of hydrogen-bond donors (Lipinski definition) is 1. The van der Waals surface area contributed by atoms with Crippen LogP contribution in [0.4, 0.5) is 0 Å². The van der Waals surface area contributed by atoms with Crippen LogP contribution in [-0.4, -0.2) is 33.1 Å². The minimum Gasteiger partial charge on any atom is -0.349 e. The molecule has 5 aliphatic rings. The minimum absolute atomic E-state index is 0.0200. The fraction of sp³-hybridized carbons (Fsp3) is 0.458. The monoisotopic (exact) mass is 438 g/mol. The average Bonchev–Trinajstić information content (AvgIpc) is 2.95. The first-order valence-electron chi connectivity index (χ1n) is 10.8. The number of benzene rings is 1. The SMILES string of the molecule is O=C(CN1C(=O)C(=CC=Cc2ccccc2)SC1=S)NC12CC3CC(CC(C3)C1)C2. The number of carbonyl (C=O) groups excluding carboxylic acids is 2. The van der Waals surface area contributed by atoms with Crippen molar-refractivity contribution in [1.29, 1.82) is 0 Å². The van der Waals surface area contributed by atoms with E-state index in [-0.39, 0.29) is 23.9 Å². The molecule has 6 rings (SSSR count). The molecule has 0 unspecified atom stereocenters. The summed E-state index contributed by atoms with van der Waals surface area (Å²) in [4.78, 5) is 27.7. The molecule has 0 atom stereocenters. The second-order valence-electron chi connectivity index (χ2n) is 9.31. The zero-order valence-corrected chi connectivity index (χ0v) is 18.5. The van der Waals surface area contributed by atoms with Gasteiger partial charge in [0.1, 0.15) is 10.9 Å². The third-order valence-electron chi connectivity index (χ3n) is 6.95. The van der Waals surface area contributed by atoms with Crippen molar-refractivity contribution in [3.63, 3.8) is 0 Å². The first kappa shape index (κ1) is 20.0. The van der Waals surface area contributed by atoms with Crippen molar-refractivity contribution in [3.05, 3.63) is 53.0 Å². The summed E-state index contributed by atoms with van der Waals surface area (Å²) in [5, 5.41) is 3.34. The zero-order chi connectivity index (χ0) is 20.7. The summed E-state index contributed by atoms with van der Waals surface area (Å²) in [5.41, 5.74) is 1.03. The molecule has 1 saturated heterocycles. The molecule has 4 bridgehead atoms. The number of thiocarbonyl (C=S) groups is 1. The zero-order valence-electron chi connectivity index (χ0n) is 16.9. The Labute approximate surface area is 187 Å². The predicted molar refractivity (Wildman–Crippen MR) is 125 cm³/mol. The number of nitrogens with one attached hydrogen (secondary N) is 1. The molecule has 0 spiro atoms. The molecule has 4 aliphatic carbocycles. The van der Waals surface area contributed by atoms with Gasteiger partial charge in [0, 0.05) is 5.54 Å². The van der Waals surface area contributed by atoms with E-state index in [1.165, 1.54) is 35.9 Å². The fourth-order valence-corrected chi connectivity index (χ4v) is 7.41. The van der Waals surface area contributed by atoms with Gasteiger partial charge in [-0.25, -0.2) is 0 Å². The number of nitrogens with zero attached hydrogens (tertiary/aromatic N) is 1. The Hall–Kier alpha value is -1.92. The van der Waals surface area contributed by atoms with Gasteiger partial charge in [-0.2, -0.15) is 0 Å². The van der Waals surface area contributed by atoms with Crippen molar-refractivity contribution in [2.24, 2.45) is 17.8 Å². The van der Waals surface area contributed by atoms with E-state index in [1.54, 1.807) is 6.08 Å². The molecule has 1 heterocycles. The minimum atomic E-state index is -0.177. The van der Waals surface area contributed by atoms with Gasteiger partial charge in [-0.05, 0) is 67.9 Å². The molecule has 30 heavy (non-hydrogen) atoms. The standard InChI is InChI=1S/C24H26N2O2S2/c27-21(25-24-12-17-9-18(13-24)11-19(10-17)14-24)15-26-22(28)20(30-23(26)29)8-4-7-16-5-2-1-3-6-16/h1-8,17-19H,9-15H2,(H,25,27). The molecular weight excluding hydrogens is 412 g/mol. The Morgan fingerprint density at radius 1 is 1.13 bits per heavy atom. The molecule has 0 aromatic heterocycles. The summed E-state index contributed by atoms with van der Waals surface area (Å²) in [6, 6.07) is 9.93. The number of amides is 2. The molecule has 2 amide bonds. The van der Waals surface area contributed by atoms with Crippen molar-refractivity contribution < 1.29 is 9.59 Å². The quantitative estimate of drug-likeness (QED) is 0.542. The number of rotatable bonds is 5. The smallest absolute Gasteiger partial charge is 0.266 e. The summed E-state index contributed by atoms with van der Waals surface area (Å²) in [6.45, 7) is 0.0200. The Bertz CT molecular complexity index is 902. The van der Waals surface area contributed by atoms with E-state index >= 15 is 0 Å². The van der Waals surface area contributed by atoms with Crippen LogP contribution >= 0.6 is 24.0 Å². The van der Waals surface area contributed by atoms with Crippen LogP contribution in [0.25, 0.3) is 6.08 Å². The lowest BCUT2D eigenvalue weighted by Crippen LogP contribution is -2.61. The molecule has 4 nitrogen and oxygen atoms in total. The normalized spacial score (nSPS) is 33.8. The van der Waals surface area contributed by atoms with Crippen LogP contribution in [0.15, 0.2) is 47.4 Å². The first-order valence-corrected chi connectivity index (χ1v) is 12.0. The molecule has 4 saturated carbocycles. The van der Waals surface area contributed by atoms with E-state index in [1.807, 2.05) is 42.5 Å². The van der Waals surface area contributed by atoms with Gasteiger partial charge in [0.15, 0.2) is 0 Å². The Balaban J connectivity index is 1.21. The number of thioether (sulfide) groups is 1. The molecule has 1 N–H and O–H groups in total. The van der Waals surface area contributed by atoms with Crippen molar-refractivity contribution in [2.45, 2.75) is 44.1 Å². The van der Waals surface area contributed by atoms with Crippen molar-refractivity contribution in [1.82, 2.24) is 10.2 Å². The summed E-state index contributed by atoms with van der Waals surface area (Å²) >= 11 is 6.66. The molecule has 1 aliphatic heterocycles. The van der Waals surface area contributed by atoms with Crippen molar-refractivity contribution in [3.8, 4) is 0 Å².